The molecule has 0 saturated carbocycles. The molecule has 2 amide bonds. The summed E-state index contributed by atoms with van der Waals surface area (Å²) >= 11 is 0. The van der Waals surface area contributed by atoms with E-state index in [0.29, 0.717) is 0 Å². The highest BCUT2D eigenvalue weighted by atomic mass is 16.5. The lowest BCUT2D eigenvalue weighted by molar-refractivity contribution is -0.158. The number of carbonyl (C=O) groups is 3. The van der Waals surface area contributed by atoms with Gasteiger partial charge in [-0.05, 0) is 11.6 Å². The third-order valence-electron chi connectivity index (χ3n) is 3.55. The zero-order valence-electron chi connectivity index (χ0n) is 12.8. The first-order chi connectivity index (χ1) is 10.5. The average molecular weight is 302 g/mol. The number of carbonyl (C=O) groups excluding carboxylic acids is 3. The molecule has 6 heteroatoms. The maximum Gasteiger partial charge on any atom is 0.329 e. The summed E-state index contributed by atoms with van der Waals surface area (Å²) in [5, 5.41) is 0.948. The van der Waals surface area contributed by atoms with E-state index in [0.717, 1.165) is 21.4 Å². The number of amides is 2. The van der Waals surface area contributed by atoms with Crippen molar-refractivity contribution in [1.82, 2.24) is 9.88 Å². The van der Waals surface area contributed by atoms with Crippen LogP contribution < -0.4 is 0 Å². The number of nitrogens with zero attached hydrogens (tertiary/aromatic N) is 1. The summed E-state index contributed by atoms with van der Waals surface area (Å²) in [4.78, 5) is 39.5. The number of methoxy groups -OCH3 is 1. The van der Waals surface area contributed by atoms with Gasteiger partial charge in [0, 0.05) is 37.4 Å². The summed E-state index contributed by atoms with van der Waals surface area (Å²) in [6.07, 6.45) is 1.98. The van der Waals surface area contributed by atoms with Crippen molar-refractivity contribution >= 4 is 28.7 Å². The maximum atomic E-state index is 12.0. The Morgan fingerprint density at radius 2 is 1.82 bits per heavy atom. The smallest absolute Gasteiger partial charge is 0.329 e. The van der Waals surface area contributed by atoms with E-state index in [4.69, 9.17) is 4.74 Å². The van der Waals surface area contributed by atoms with Gasteiger partial charge in [0.15, 0.2) is 0 Å². The Hall–Kier alpha value is -2.63. The lowest BCUT2D eigenvalue weighted by Crippen LogP contribution is -2.48. The quantitative estimate of drug-likeness (QED) is 0.871. The zero-order valence-corrected chi connectivity index (χ0v) is 12.8. The van der Waals surface area contributed by atoms with Crippen LogP contribution in [0.25, 0.3) is 10.9 Å². The van der Waals surface area contributed by atoms with Crippen LogP contribution in [0.1, 0.15) is 19.4 Å². The molecule has 6 nitrogen and oxygen atoms in total. The first kappa shape index (κ1) is 15.8. The Morgan fingerprint density at radius 1 is 1.18 bits per heavy atom. The summed E-state index contributed by atoms with van der Waals surface area (Å²) in [6.45, 7) is 2.51. The molecule has 22 heavy (non-hydrogen) atoms. The van der Waals surface area contributed by atoms with Crippen molar-refractivity contribution in [3.63, 3.8) is 0 Å². The molecule has 0 aliphatic carbocycles. The Morgan fingerprint density at radius 3 is 2.41 bits per heavy atom. The topological polar surface area (TPSA) is 79.5 Å². The second-order valence-corrected chi connectivity index (χ2v) is 5.01. The molecule has 0 aliphatic heterocycles. The van der Waals surface area contributed by atoms with Crippen molar-refractivity contribution in [2.75, 3.05) is 7.11 Å². The standard InChI is InChI=1S/C16H18N2O4/c1-10(19)18(11(2)20)15(16(21)22-3)8-12-9-17-14-7-5-4-6-13(12)14/h4-7,9,15,17H,8H2,1-3H3. The highest BCUT2D eigenvalue weighted by Gasteiger charge is 2.32. The molecule has 0 radical (unpaired) electrons. The average Bonchev–Trinajstić information content (AvgIpc) is 2.88. The molecule has 2 aromatic rings. The predicted octanol–water partition coefficient (Wildman–Crippen LogP) is 1.65. The fourth-order valence-corrected chi connectivity index (χ4v) is 2.59. The molecule has 1 N–H and O–H groups in total. The number of nitrogens with one attached hydrogen (secondary N) is 1. The van der Waals surface area contributed by atoms with E-state index in [1.165, 1.54) is 21.0 Å². The van der Waals surface area contributed by atoms with Crippen LogP contribution >= 0.6 is 0 Å². The van der Waals surface area contributed by atoms with Crippen LogP contribution in [0.2, 0.25) is 0 Å². The summed E-state index contributed by atoms with van der Waals surface area (Å²) in [5.74, 6) is -1.58. The Labute approximate surface area is 128 Å². The Balaban J connectivity index is 2.40. The molecule has 1 aromatic heterocycles. The number of rotatable bonds is 4. The van der Waals surface area contributed by atoms with E-state index < -0.39 is 23.8 Å². The molecule has 0 aliphatic rings. The summed E-state index contributed by atoms with van der Waals surface area (Å²) < 4.78 is 4.76. The van der Waals surface area contributed by atoms with Crippen molar-refractivity contribution in [1.29, 1.82) is 0 Å². The lowest BCUT2D eigenvalue weighted by Gasteiger charge is -2.26. The number of benzene rings is 1. The van der Waals surface area contributed by atoms with Crippen molar-refractivity contribution in [3.8, 4) is 0 Å². The van der Waals surface area contributed by atoms with Gasteiger partial charge in [0.2, 0.25) is 11.8 Å². The van der Waals surface area contributed by atoms with Crippen molar-refractivity contribution < 1.29 is 19.1 Å². The lowest BCUT2D eigenvalue weighted by atomic mass is 10.0. The van der Waals surface area contributed by atoms with Crippen LogP contribution in [0, 0.1) is 0 Å². The minimum absolute atomic E-state index is 0.204. The largest absolute Gasteiger partial charge is 0.467 e. The van der Waals surface area contributed by atoms with Crippen LogP contribution in [0.5, 0.6) is 0 Å². The maximum absolute atomic E-state index is 12.0. The van der Waals surface area contributed by atoms with E-state index in [1.54, 1.807) is 6.20 Å². The number of hydrogen-bond acceptors (Lipinski definition) is 4. The van der Waals surface area contributed by atoms with Crippen molar-refractivity contribution in [2.45, 2.75) is 26.3 Å². The Bertz CT molecular complexity index is 706. The van der Waals surface area contributed by atoms with Gasteiger partial charge in [-0.15, -0.1) is 0 Å². The summed E-state index contributed by atoms with van der Waals surface area (Å²) in [5.41, 5.74) is 1.77. The molecule has 2 rings (SSSR count). The van der Waals surface area contributed by atoms with Gasteiger partial charge in [0.1, 0.15) is 6.04 Å². The number of imide groups is 1. The monoisotopic (exact) mass is 302 g/mol. The molecule has 116 valence electrons. The minimum Gasteiger partial charge on any atom is -0.467 e. The highest BCUT2D eigenvalue weighted by molar-refractivity contribution is 5.98. The molecule has 1 heterocycles. The third-order valence-corrected chi connectivity index (χ3v) is 3.55. The van der Waals surface area contributed by atoms with Gasteiger partial charge in [0.25, 0.3) is 0 Å². The molecular weight excluding hydrogens is 284 g/mol. The predicted molar refractivity (Wildman–Crippen MR) is 81.0 cm³/mol. The normalized spacial score (nSPS) is 12.0. The van der Waals surface area contributed by atoms with Gasteiger partial charge in [-0.25, -0.2) is 4.79 Å². The summed E-state index contributed by atoms with van der Waals surface area (Å²) in [7, 11) is 1.24. The minimum atomic E-state index is -0.973. The van der Waals surface area contributed by atoms with Crippen LogP contribution in [-0.4, -0.2) is 40.8 Å². The van der Waals surface area contributed by atoms with Gasteiger partial charge < -0.3 is 9.72 Å². The molecule has 0 saturated heterocycles. The number of esters is 1. The number of hydrogen-bond donors (Lipinski definition) is 1. The molecule has 1 unspecified atom stereocenters. The fraction of sp³-hybridized carbons (Fsp3) is 0.312. The fourth-order valence-electron chi connectivity index (χ4n) is 2.59. The first-order valence-corrected chi connectivity index (χ1v) is 6.89. The van der Waals surface area contributed by atoms with E-state index in [2.05, 4.69) is 4.98 Å². The molecule has 0 bridgehead atoms. The van der Waals surface area contributed by atoms with Gasteiger partial charge in [-0.1, -0.05) is 18.2 Å². The number of ether oxygens (including phenoxy) is 1. The molecular formula is C16H18N2O4. The zero-order chi connectivity index (χ0) is 16.3. The molecule has 0 spiro atoms. The number of fused-ring (bicyclic) bond motifs is 1. The number of H-pyrrole nitrogens is 1. The van der Waals surface area contributed by atoms with Crippen LogP contribution in [0.3, 0.4) is 0 Å². The van der Waals surface area contributed by atoms with Gasteiger partial charge in [0.05, 0.1) is 7.11 Å². The second-order valence-electron chi connectivity index (χ2n) is 5.01. The second kappa shape index (κ2) is 6.43. The summed E-state index contributed by atoms with van der Waals surface area (Å²) in [6, 6.07) is 6.65. The van der Waals surface area contributed by atoms with E-state index in [9.17, 15) is 14.4 Å². The van der Waals surface area contributed by atoms with Gasteiger partial charge in [-0.3, -0.25) is 14.5 Å². The van der Waals surface area contributed by atoms with E-state index in [-0.39, 0.29) is 6.42 Å². The van der Waals surface area contributed by atoms with Gasteiger partial charge >= 0.3 is 5.97 Å². The number of aromatic amines is 1. The van der Waals surface area contributed by atoms with E-state index >= 15 is 0 Å². The molecule has 1 atom stereocenters. The number of aromatic nitrogens is 1. The van der Waals surface area contributed by atoms with Crippen LogP contribution in [0.4, 0.5) is 0 Å². The van der Waals surface area contributed by atoms with Crippen molar-refractivity contribution in [2.24, 2.45) is 0 Å². The van der Waals surface area contributed by atoms with Crippen molar-refractivity contribution in [3.05, 3.63) is 36.0 Å². The Kier molecular flexibility index (Phi) is 4.60. The highest BCUT2D eigenvalue weighted by Crippen LogP contribution is 2.21. The van der Waals surface area contributed by atoms with Crippen LogP contribution in [0.15, 0.2) is 30.5 Å². The van der Waals surface area contributed by atoms with E-state index in [1.807, 2.05) is 24.3 Å². The molecule has 1 aromatic carbocycles. The number of para-hydroxylation sites is 1. The molecule has 0 fully saturated rings. The van der Waals surface area contributed by atoms with Gasteiger partial charge in [-0.2, -0.15) is 0 Å². The SMILES string of the molecule is COC(=O)C(Cc1c[nH]c2ccccc12)N(C(C)=O)C(C)=O. The first-order valence-electron chi connectivity index (χ1n) is 6.89. The van der Waals surface area contributed by atoms with Crippen LogP contribution in [-0.2, 0) is 25.5 Å². The third kappa shape index (κ3) is 3.00.